The SMILES string of the molecule is CCC(C)(C)NC(=O)c1ccc(NC(=O)CCCN)cc1.Cl. The van der Waals surface area contributed by atoms with Gasteiger partial charge in [-0.05, 0) is 57.5 Å². The first-order chi connectivity index (χ1) is 9.88. The first kappa shape index (κ1) is 20.4. The van der Waals surface area contributed by atoms with E-state index < -0.39 is 0 Å². The summed E-state index contributed by atoms with van der Waals surface area (Å²) < 4.78 is 0. The molecule has 0 aliphatic rings. The van der Waals surface area contributed by atoms with Gasteiger partial charge in [0, 0.05) is 23.2 Å². The van der Waals surface area contributed by atoms with E-state index >= 15 is 0 Å². The van der Waals surface area contributed by atoms with Crippen molar-refractivity contribution in [1.82, 2.24) is 5.32 Å². The summed E-state index contributed by atoms with van der Waals surface area (Å²) in [5, 5.41) is 5.75. The zero-order chi connectivity index (χ0) is 15.9. The molecule has 0 saturated carbocycles. The molecule has 0 fully saturated rings. The van der Waals surface area contributed by atoms with Crippen LogP contribution in [0.1, 0.15) is 50.4 Å². The molecule has 1 rings (SSSR count). The third kappa shape index (κ3) is 6.91. The van der Waals surface area contributed by atoms with Gasteiger partial charge in [-0.2, -0.15) is 0 Å². The number of anilines is 1. The molecule has 4 N–H and O–H groups in total. The number of nitrogens with two attached hydrogens (primary N) is 1. The zero-order valence-corrected chi connectivity index (χ0v) is 14.3. The van der Waals surface area contributed by atoms with Gasteiger partial charge in [0.25, 0.3) is 5.91 Å². The number of hydrogen-bond acceptors (Lipinski definition) is 3. The molecule has 0 aliphatic heterocycles. The lowest BCUT2D eigenvalue weighted by atomic mass is 10.0. The zero-order valence-electron chi connectivity index (χ0n) is 13.4. The highest BCUT2D eigenvalue weighted by atomic mass is 35.5. The number of hydrogen-bond donors (Lipinski definition) is 3. The molecule has 0 saturated heterocycles. The average molecular weight is 328 g/mol. The Morgan fingerprint density at radius 3 is 2.27 bits per heavy atom. The monoisotopic (exact) mass is 327 g/mol. The van der Waals surface area contributed by atoms with Gasteiger partial charge in [-0.1, -0.05) is 6.92 Å². The van der Waals surface area contributed by atoms with E-state index in [4.69, 9.17) is 5.73 Å². The maximum Gasteiger partial charge on any atom is 0.251 e. The molecule has 1 aromatic carbocycles. The molecule has 0 radical (unpaired) electrons. The van der Waals surface area contributed by atoms with Gasteiger partial charge in [0.15, 0.2) is 0 Å². The fourth-order valence-corrected chi connectivity index (χ4v) is 1.66. The van der Waals surface area contributed by atoms with Crippen LogP contribution < -0.4 is 16.4 Å². The minimum absolute atomic E-state index is 0. The first-order valence-electron chi connectivity index (χ1n) is 7.30. The highest BCUT2D eigenvalue weighted by Gasteiger charge is 2.18. The Morgan fingerprint density at radius 1 is 1.18 bits per heavy atom. The average Bonchev–Trinajstić information content (AvgIpc) is 2.45. The Morgan fingerprint density at radius 2 is 1.77 bits per heavy atom. The van der Waals surface area contributed by atoms with E-state index in [1.165, 1.54) is 0 Å². The predicted octanol–water partition coefficient (Wildman–Crippen LogP) is 2.70. The van der Waals surface area contributed by atoms with Gasteiger partial charge in [0.2, 0.25) is 5.91 Å². The van der Waals surface area contributed by atoms with Gasteiger partial charge in [0.05, 0.1) is 0 Å². The number of halogens is 1. The molecular formula is C16H26ClN3O2. The van der Waals surface area contributed by atoms with Crippen molar-refractivity contribution in [1.29, 1.82) is 0 Å². The number of rotatable bonds is 7. The Labute approximate surface area is 138 Å². The van der Waals surface area contributed by atoms with Crippen LogP contribution in [0.5, 0.6) is 0 Å². The molecule has 0 unspecified atom stereocenters. The van der Waals surface area contributed by atoms with Gasteiger partial charge >= 0.3 is 0 Å². The molecule has 0 atom stereocenters. The van der Waals surface area contributed by atoms with Crippen molar-refractivity contribution in [2.75, 3.05) is 11.9 Å². The van der Waals surface area contributed by atoms with E-state index in [9.17, 15) is 9.59 Å². The van der Waals surface area contributed by atoms with E-state index in [1.54, 1.807) is 24.3 Å². The molecule has 0 aromatic heterocycles. The quantitative estimate of drug-likeness (QED) is 0.720. The van der Waals surface area contributed by atoms with Crippen LogP contribution in [0.2, 0.25) is 0 Å². The van der Waals surface area contributed by atoms with Gasteiger partial charge in [0.1, 0.15) is 0 Å². The molecule has 6 heteroatoms. The molecule has 5 nitrogen and oxygen atoms in total. The van der Waals surface area contributed by atoms with Gasteiger partial charge in [-0.15, -0.1) is 12.4 Å². The summed E-state index contributed by atoms with van der Waals surface area (Å²) in [5.74, 6) is -0.173. The Bertz CT molecular complexity index is 487. The fourth-order valence-electron chi connectivity index (χ4n) is 1.66. The lowest BCUT2D eigenvalue weighted by Crippen LogP contribution is -2.42. The van der Waals surface area contributed by atoms with Crippen molar-refractivity contribution >= 4 is 29.9 Å². The predicted molar refractivity (Wildman–Crippen MR) is 92.4 cm³/mol. The molecule has 1 aromatic rings. The second-order valence-corrected chi connectivity index (χ2v) is 5.71. The fraction of sp³-hybridized carbons (Fsp3) is 0.500. The van der Waals surface area contributed by atoms with Crippen molar-refractivity contribution in [3.63, 3.8) is 0 Å². The summed E-state index contributed by atoms with van der Waals surface area (Å²) in [6.45, 7) is 6.49. The standard InChI is InChI=1S/C16H25N3O2.ClH/c1-4-16(2,3)19-15(21)12-7-9-13(10-8-12)18-14(20)6-5-11-17;/h7-10H,4-6,11,17H2,1-3H3,(H,18,20)(H,19,21);1H. The van der Waals surface area contributed by atoms with E-state index in [-0.39, 0.29) is 29.8 Å². The minimum Gasteiger partial charge on any atom is -0.347 e. The van der Waals surface area contributed by atoms with Gasteiger partial charge in [-0.3, -0.25) is 9.59 Å². The molecule has 0 spiro atoms. The highest BCUT2D eigenvalue weighted by Crippen LogP contribution is 2.13. The van der Waals surface area contributed by atoms with Crippen LogP contribution in [0, 0.1) is 0 Å². The summed E-state index contributed by atoms with van der Waals surface area (Å²) >= 11 is 0. The van der Waals surface area contributed by atoms with Crippen molar-refractivity contribution < 1.29 is 9.59 Å². The summed E-state index contributed by atoms with van der Waals surface area (Å²) in [6.07, 6.45) is 1.93. The topological polar surface area (TPSA) is 84.2 Å². The van der Waals surface area contributed by atoms with Crippen LogP contribution in [-0.4, -0.2) is 23.9 Å². The van der Waals surface area contributed by atoms with Gasteiger partial charge < -0.3 is 16.4 Å². The number of amides is 2. The summed E-state index contributed by atoms with van der Waals surface area (Å²) in [5.41, 5.74) is 6.39. The molecule has 22 heavy (non-hydrogen) atoms. The van der Waals surface area contributed by atoms with Crippen LogP contribution in [0.25, 0.3) is 0 Å². The first-order valence-corrected chi connectivity index (χ1v) is 7.30. The number of carbonyl (C=O) groups excluding carboxylic acids is 2. The summed E-state index contributed by atoms with van der Waals surface area (Å²) in [7, 11) is 0. The second kappa shape index (κ2) is 9.43. The molecule has 0 bridgehead atoms. The van der Waals surface area contributed by atoms with Crippen LogP contribution in [0.15, 0.2) is 24.3 Å². The lowest BCUT2D eigenvalue weighted by molar-refractivity contribution is -0.116. The maximum atomic E-state index is 12.1. The molecule has 0 heterocycles. The van der Waals surface area contributed by atoms with Crippen LogP contribution in [0.4, 0.5) is 5.69 Å². The van der Waals surface area contributed by atoms with Crippen LogP contribution in [0.3, 0.4) is 0 Å². The van der Waals surface area contributed by atoms with E-state index in [2.05, 4.69) is 10.6 Å². The largest absolute Gasteiger partial charge is 0.347 e. The second-order valence-electron chi connectivity index (χ2n) is 5.71. The van der Waals surface area contributed by atoms with E-state index in [0.717, 1.165) is 6.42 Å². The minimum atomic E-state index is -0.230. The smallest absolute Gasteiger partial charge is 0.251 e. The third-order valence-electron chi connectivity index (χ3n) is 3.37. The Hall–Kier alpha value is -1.59. The normalized spacial score (nSPS) is 10.5. The highest BCUT2D eigenvalue weighted by molar-refractivity contribution is 5.96. The third-order valence-corrected chi connectivity index (χ3v) is 3.37. The van der Waals surface area contributed by atoms with E-state index in [1.807, 2.05) is 20.8 Å². The molecule has 0 aliphatic carbocycles. The maximum absolute atomic E-state index is 12.1. The Kier molecular flexibility index (Phi) is 8.75. The number of nitrogens with one attached hydrogen (secondary N) is 2. The number of benzene rings is 1. The van der Waals surface area contributed by atoms with Crippen molar-refractivity contribution in [2.45, 2.75) is 45.6 Å². The van der Waals surface area contributed by atoms with Crippen LogP contribution in [-0.2, 0) is 4.79 Å². The summed E-state index contributed by atoms with van der Waals surface area (Å²) in [4.78, 5) is 23.7. The van der Waals surface area contributed by atoms with E-state index in [0.29, 0.717) is 30.6 Å². The van der Waals surface area contributed by atoms with Crippen molar-refractivity contribution in [3.8, 4) is 0 Å². The van der Waals surface area contributed by atoms with Crippen molar-refractivity contribution in [2.24, 2.45) is 5.73 Å². The molecule has 124 valence electrons. The summed E-state index contributed by atoms with van der Waals surface area (Å²) in [6, 6.07) is 6.88. The molecular weight excluding hydrogens is 302 g/mol. The van der Waals surface area contributed by atoms with Gasteiger partial charge in [-0.25, -0.2) is 0 Å². The number of carbonyl (C=O) groups is 2. The van der Waals surface area contributed by atoms with Crippen LogP contribution >= 0.6 is 12.4 Å². The molecule has 2 amide bonds. The Balaban J connectivity index is 0.00000441. The lowest BCUT2D eigenvalue weighted by Gasteiger charge is -2.24. The van der Waals surface area contributed by atoms with Crippen molar-refractivity contribution in [3.05, 3.63) is 29.8 Å².